The number of nitrogens with zero attached hydrogens (tertiary/aromatic N) is 3. The van der Waals surface area contributed by atoms with Crippen LogP contribution in [-0.4, -0.2) is 53.2 Å². The maximum Gasteiger partial charge on any atom is 0.267 e. The highest BCUT2D eigenvalue weighted by Gasteiger charge is 2.36. The first-order chi connectivity index (χ1) is 15.8. The van der Waals surface area contributed by atoms with Gasteiger partial charge in [-0.1, -0.05) is 12.1 Å². The topological polar surface area (TPSA) is 109 Å². The predicted molar refractivity (Wildman–Crippen MR) is 121 cm³/mol. The lowest BCUT2D eigenvalue weighted by atomic mass is 10.1. The van der Waals surface area contributed by atoms with Gasteiger partial charge in [-0.05, 0) is 37.3 Å². The second kappa shape index (κ2) is 7.82. The molecule has 2 aliphatic rings. The molecule has 0 saturated carbocycles. The van der Waals surface area contributed by atoms with Gasteiger partial charge in [0.1, 0.15) is 12.3 Å². The van der Waals surface area contributed by atoms with Crippen LogP contribution in [0.1, 0.15) is 27.6 Å². The number of hydrogen-bond donors (Lipinski definition) is 1. The second-order valence-electron chi connectivity index (χ2n) is 7.67. The van der Waals surface area contributed by atoms with Crippen molar-refractivity contribution < 1.29 is 23.9 Å². The Balaban J connectivity index is 1.29. The molecule has 0 saturated heterocycles. The Morgan fingerprint density at radius 2 is 1.82 bits per heavy atom. The van der Waals surface area contributed by atoms with Crippen molar-refractivity contribution in [2.45, 2.75) is 13.0 Å². The van der Waals surface area contributed by atoms with E-state index in [0.717, 1.165) is 10.5 Å². The number of aromatic nitrogens is 1. The van der Waals surface area contributed by atoms with Crippen molar-refractivity contribution in [3.63, 3.8) is 0 Å². The van der Waals surface area contributed by atoms with Crippen molar-refractivity contribution in [3.05, 3.63) is 59.0 Å². The number of likely N-dealkylation sites (N-methyl/N-ethyl adjacent to an activating group) is 1. The van der Waals surface area contributed by atoms with Crippen LogP contribution in [0, 0.1) is 0 Å². The van der Waals surface area contributed by atoms with E-state index in [1.165, 1.54) is 11.3 Å². The molecule has 0 radical (unpaired) electrons. The molecule has 0 aliphatic carbocycles. The monoisotopic (exact) mass is 462 g/mol. The summed E-state index contributed by atoms with van der Waals surface area (Å²) in [7, 11) is 1.69. The minimum absolute atomic E-state index is 0.140. The van der Waals surface area contributed by atoms with Crippen molar-refractivity contribution in [3.8, 4) is 17.0 Å². The number of rotatable bonds is 4. The summed E-state index contributed by atoms with van der Waals surface area (Å²) in [6, 6.07) is 11.9. The van der Waals surface area contributed by atoms with Crippen LogP contribution in [0.2, 0.25) is 0 Å². The molecule has 1 N–H and O–H groups in total. The van der Waals surface area contributed by atoms with Gasteiger partial charge in [-0.25, -0.2) is 4.98 Å². The summed E-state index contributed by atoms with van der Waals surface area (Å²) in [6.07, 6.45) is -0.545. The van der Waals surface area contributed by atoms with Gasteiger partial charge in [0.15, 0.2) is 11.2 Å². The van der Waals surface area contributed by atoms with Gasteiger partial charge in [0.2, 0.25) is 5.91 Å². The Morgan fingerprint density at radius 3 is 2.52 bits per heavy atom. The molecule has 0 spiro atoms. The Hall–Kier alpha value is -4.05. The van der Waals surface area contributed by atoms with Gasteiger partial charge < -0.3 is 15.0 Å². The second-order valence-corrected chi connectivity index (χ2v) is 8.53. The largest absolute Gasteiger partial charge is 0.479 e. The molecular weight excluding hydrogens is 444 g/mol. The molecule has 4 amide bonds. The number of benzene rings is 2. The molecule has 5 rings (SSSR count). The molecule has 0 bridgehead atoms. The van der Waals surface area contributed by atoms with Crippen LogP contribution in [0.5, 0.6) is 5.75 Å². The standard InChI is InChI=1S/C23H18N4O5S/c1-12-20(29)26(2)17-9-13(7-8-18(17)32-12)16-11-33-23(24-16)25-19(28)10-27-21(30)14-5-3-4-6-15(14)22(27)31/h3-9,11-12H,10H2,1-2H3,(H,24,25,28)/t12-/m0/s1. The highest BCUT2D eigenvalue weighted by Crippen LogP contribution is 2.37. The van der Waals surface area contributed by atoms with Crippen LogP contribution in [0.25, 0.3) is 11.3 Å². The van der Waals surface area contributed by atoms with Crippen LogP contribution in [0.3, 0.4) is 0 Å². The van der Waals surface area contributed by atoms with Crippen molar-refractivity contribution in [1.82, 2.24) is 9.88 Å². The number of amides is 4. The SMILES string of the molecule is C[C@@H]1Oc2ccc(-c3csc(NC(=O)CN4C(=O)c5ccccc5C4=O)n3)cc2N(C)C1=O. The first-order valence-corrected chi connectivity index (χ1v) is 11.0. The number of carbonyl (C=O) groups is 4. The number of fused-ring (bicyclic) bond motifs is 2. The van der Waals surface area contributed by atoms with Crippen molar-refractivity contribution >= 4 is 45.8 Å². The molecular formula is C23H18N4O5S. The smallest absolute Gasteiger partial charge is 0.267 e. The minimum Gasteiger partial charge on any atom is -0.479 e. The number of carbonyl (C=O) groups excluding carboxylic acids is 4. The van der Waals surface area contributed by atoms with Crippen molar-refractivity contribution in [2.75, 3.05) is 23.8 Å². The van der Waals surface area contributed by atoms with Gasteiger partial charge >= 0.3 is 0 Å². The number of imide groups is 1. The highest BCUT2D eigenvalue weighted by atomic mass is 32.1. The summed E-state index contributed by atoms with van der Waals surface area (Å²) >= 11 is 1.22. The summed E-state index contributed by atoms with van der Waals surface area (Å²) in [6.45, 7) is 1.30. The van der Waals surface area contributed by atoms with Crippen molar-refractivity contribution in [2.24, 2.45) is 0 Å². The highest BCUT2D eigenvalue weighted by molar-refractivity contribution is 7.14. The number of hydrogen-bond acceptors (Lipinski definition) is 7. The molecule has 1 atom stereocenters. The van der Waals surface area contributed by atoms with Gasteiger partial charge in [-0.3, -0.25) is 24.1 Å². The lowest BCUT2D eigenvalue weighted by molar-refractivity contribution is -0.125. The van der Waals surface area contributed by atoms with Gasteiger partial charge in [0, 0.05) is 18.0 Å². The zero-order valence-corrected chi connectivity index (χ0v) is 18.5. The van der Waals surface area contributed by atoms with E-state index >= 15 is 0 Å². The Labute approximate surface area is 192 Å². The fourth-order valence-corrected chi connectivity index (χ4v) is 4.56. The lowest BCUT2D eigenvalue weighted by Crippen LogP contribution is -2.41. The average molecular weight is 462 g/mol. The van der Waals surface area contributed by atoms with E-state index in [-0.39, 0.29) is 5.91 Å². The lowest BCUT2D eigenvalue weighted by Gasteiger charge is -2.30. The fourth-order valence-electron chi connectivity index (χ4n) is 3.82. The van der Waals surface area contributed by atoms with E-state index in [4.69, 9.17) is 4.74 Å². The van der Waals surface area contributed by atoms with E-state index < -0.39 is 30.4 Å². The average Bonchev–Trinajstić information content (AvgIpc) is 3.36. The summed E-state index contributed by atoms with van der Waals surface area (Å²) in [4.78, 5) is 56.5. The maximum atomic E-state index is 12.5. The van der Waals surface area contributed by atoms with E-state index in [1.807, 2.05) is 6.07 Å². The molecule has 2 aliphatic heterocycles. The Morgan fingerprint density at radius 1 is 1.12 bits per heavy atom. The van der Waals surface area contributed by atoms with Crippen LogP contribution in [0.4, 0.5) is 10.8 Å². The predicted octanol–water partition coefficient (Wildman–Crippen LogP) is 2.79. The number of nitrogens with one attached hydrogen (secondary N) is 1. The molecule has 3 heterocycles. The summed E-state index contributed by atoms with van der Waals surface area (Å²) in [5, 5.41) is 4.75. The van der Waals surface area contributed by atoms with E-state index in [2.05, 4.69) is 10.3 Å². The normalized spacial score (nSPS) is 17.0. The zero-order chi connectivity index (χ0) is 23.3. The number of thiazole rings is 1. The summed E-state index contributed by atoms with van der Waals surface area (Å²) in [5.74, 6) is -1.04. The van der Waals surface area contributed by atoms with Crippen LogP contribution >= 0.6 is 11.3 Å². The third-order valence-electron chi connectivity index (χ3n) is 5.53. The molecule has 10 heteroatoms. The van der Waals surface area contributed by atoms with Crippen LogP contribution in [0.15, 0.2) is 47.8 Å². The van der Waals surface area contributed by atoms with E-state index in [9.17, 15) is 19.2 Å². The summed E-state index contributed by atoms with van der Waals surface area (Å²) in [5.41, 5.74) is 2.59. The Bertz CT molecular complexity index is 1300. The zero-order valence-electron chi connectivity index (χ0n) is 17.7. The molecule has 166 valence electrons. The molecule has 33 heavy (non-hydrogen) atoms. The van der Waals surface area contributed by atoms with Gasteiger partial charge in [0.25, 0.3) is 17.7 Å². The van der Waals surface area contributed by atoms with Gasteiger partial charge in [0.05, 0.1) is 22.5 Å². The maximum absolute atomic E-state index is 12.5. The quantitative estimate of drug-likeness (QED) is 0.598. The first kappa shape index (κ1) is 20.8. The van der Waals surface area contributed by atoms with E-state index in [1.54, 1.807) is 60.6 Å². The molecule has 2 aromatic carbocycles. The molecule has 0 unspecified atom stereocenters. The third-order valence-corrected chi connectivity index (χ3v) is 6.29. The van der Waals surface area contributed by atoms with Gasteiger partial charge in [-0.2, -0.15) is 0 Å². The first-order valence-electron chi connectivity index (χ1n) is 10.1. The minimum atomic E-state index is -0.545. The Kier molecular flexibility index (Phi) is 4.94. The third kappa shape index (κ3) is 3.54. The van der Waals surface area contributed by atoms with Gasteiger partial charge in [-0.15, -0.1) is 11.3 Å². The fraction of sp³-hybridized carbons (Fsp3) is 0.174. The van der Waals surface area contributed by atoms with Crippen LogP contribution < -0.4 is 15.0 Å². The number of ether oxygens (including phenoxy) is 1. The molecule has 1 aromatic heterocycles. The van der Waals surface area contributed by atoms with Crippen molar-refractivity contribution in [1.29, 1.82) is 0 Å². The molecule has 9 nitrogen and oxygen atoms in total. The molecule has 3 aromatic rings. The number of anilines is 2. The van der Waals surface area contributed by atoms with Crippen LogP contribution in [-0.2, 0) is 9.59 Å². The molecule has 0 fully saturated rings. The van der Waals surface area contributed by atoms with E-state index in [0.29, 0.717) is 33.4 Å². The summed E-state index contributed by atoms with van der Waals surface area (Å²) < 4.78 is 5.64.